The molecule has 2 heterocycles. The van der Waals surface area contributed by atoms with Crippen LogP contribution in [0.15, 0.2) is 95.9 Å². The van der Waals surface area contributed by atoms with Crippen LogP contribution >= 0.6 is 11.8 Å². The lowest BCUT2D eigenvalue weighted by Gasteiger charge is -2.27. The van der Waals surface area contributed by atoms with Gasteiger partial charge < -0.3 is 9.80 Å². The summed E-state index contributed by atoms with van der Waals surface area (Å²) < 4.78 is 0. The van der Waals surface area contributed by atoms with Crippen molar-refractivity contribution >= 4 is 28.8 Å². The van der Waals surface area contributed by atoms with Gasteiger partial charge in [-0.05, 0) is 88.5 Å². The Labute approximate surface area is 228 Å². The molecular formula is C35H28N2S. The maximum absolute atomic E-state index is 2.56. The Bertz CT molecular complexity index is 1820. The summed E-state index contributed by atoms with van der Waals surface area (Å²) in [6.45, 7) is 6.77. The first-order valence-electron chi connectivity index (χ1n) is 13.3. The van der Waals surface area contributed by atoms with Crippen molar-refractivity contribution in [2.45, 2.75) is 31.2 Å². The zero-order valence-corrected chi connectivity index (χ0v) is 22.9. The van der Waals surface area contributed by atoms with E-state index in [9.17, 15) is 0 Å². The normalized spacial score (nSPS) is 15.9. The predicted molar refractivity (Wildman–Crippen MR) is 163 cm³/mol. The smallest absolute Gasteiger partial charge is 0.159 e. The summed E-state index contributed by atoms with van der Waals surface area (Å²) in [4.78, 5) is 6.44. The molecule has 0 N–H and O–H groups in total. The summed E-state index contributed by atoms with van der Waals surface area (Å²) in [6.07, 6.45) is 0. The van der Waals surface area contributed by atoms with Gasteiger partial charge in [0, 0.05) is 11.9 Å². The van der Waals surface area contributed by atoms with Crippen LogP contribution in [0.1, 0.15) is 16.7 Å². The standard InChI is InChI=1S/C35H28N2S/c1-20-16-17-27-25-13-6-5-11-23(25)24-12-7-8-14-26(24)29-19-31-33(22(3)32(29)28(27)18-20)36(4)35-37(31)30-15-9-10-21(2)34(30)38-35/h5-19,35H,1-4H3. The molecule has 38 heavy (non-hydrogen) atoms. The Morgan fingerprint density at radius 2 is 1.24 bits per heavy atom. The van der Waals surface area contributed by atoms with Gasteiger partial charge in [0.2, 0.25) is 0 Å². The van der Waals surface area contributed by atoms with Gasteiger partial charge in [0.05, 0.1) is 17.1 Å². The number of anilines is 3. The molecule has 5 aromatic carbocycles. The molecule has 1 atom stereocenters. The summed E-state index contributed by atoms with van der Waals surface area (Å²) in [5.74, 6) is 0. The van der Waals surface area contributed by atoms with Crippen LogP contribution in [0.2, 0.25) is 0 Å². The van der Waals surface area contributed by atoms with Crippen LogP contribution in [-0.4, -0.2) is 12.5 Å². The molecule has 8 rings (SSSR count). The van der Waals surface area contributed by atoms with Crippen LogP contribution in [0.4, 0.5) is 17.1 Å². The minimum atomic E-state index is 0.234. The van der Waals surface area contributed by atoms with E-state index in [2.05, 4.69) is 129 Å². The lowest BCUT2D eigenvalue weighted by atomic mass is 9.78. The number of hydrogen-bond acceptors (Lipinski definition) is 3. The van der Waals surface area contributed by atoms with E-state index >= 15 is 0 Å². The van der Waals surface area contributed by atoms with Crippen LogP contribution < -0.4 is 9.80 Å². The average Bonchev–Trinajstić information content (AvgIpc) is 3.44. The van der Waals surface area contributed by atoms with Gasteiger partial charge in [-0.15, -0.1) is 0 Å². The highest BCUT2D eigenvalue weighted by Crippen LogP contribution is 2.61. The zero-order valence-electron chi connectivity index (χ0n) is 22.0. The minimum Gasteiger partial charge on any atom is -0.343 e. The molecule has 3 heteroatoms. The van der Waals surface area contributed by atoms with Crippen LogP contribution in [0.3, 0.4) is 0 Å². The van der Waals surface area contributed by atoms with Gasteiger partial charge >= 0.3 is 0 Å². The second-order valence-electron chi connectivity index (χ2n) is 10.8. The molecular weight excluding hydrogens is 480 g/mol. The van der Waals surface area contributed by atoms with Crippen molar-refractivity contribution in [1.82, 2.24) is 0 Å². The number of hydrogen-bond donors (Lipinski definition) is 0. The molecule has 0 bridgehead atoms. The summed E-state index contributed by atoms with van der Waals surface area (Å²) in [6, 6.07) is 34.0. The summed E-state index contributed by atoms with van der Waals surface area (Å²) in [5, 5.41) is 0. The molecule has 0 amide bonds. The van der Waals surface area contributed by atoms with E-state index in [0.717, 1.165) is 0 Å². The van der Waals surface area contributed by atoms with E-state index < -0.39 is 0 Å². The van der Waals surface area contributed by atoms with Crippen LogP contribution in [0, 0.1) is 20.8 Å². The molecule has 3 aliphatic rings. The molecule has 0 saturated carbocycles. The van der Waals surface area contributed by atoms with E-state index in [-0.39, 0.29) is 5.50 Å². The van der Waals surface area contributed by atoms with Gasteiger partial charge in [-0.25, -0.2) is 0 Å². The third-order valence-corrected chi connectivity index (χ3v) is 10.0. The van der Waals surface area contributed by atoms with Gasteiger partial charge in [-0.2, -0.15) is 0 Å². The Balaban J connectivity index is 1.51. The van der Waals surface area contributed by atoms with Gasteiger partial charge in [0.1, 0.15) is 0 Å². The number of benzene rings is 5. The van der Waals surface area contributed by atoms with Crippen molar-refractivity contribution in [2.24, 2.45) is 0 Å². The molecule has 1 aliphatic carbocycles. The van der Waals surface area contributed by atoms with E-state index in [4.69, 9.17) is 0 Å². The molecule has 2 nitrogen and oxygen atoms in total. The fraction of sp³-hybridized carbons (Fsp3) is 0.143. The van der Waals surface area contributed by atoms with Crippen molar-refractivity contribution in [3.8, 4) is 44.5 Å². The summed E-state index contributed by atoms with van der Waals surface area (Å²) >= 11 is 1.97. The van der Waals surface area contributed by atoms with Gasteiger partial charge in [0.25, 0.3) is 0 Å². The largest absolute Gasteiger partial charge is 0.343 e. The van der Waals surface area contributed by atoms with E-state index in [1.807, 2.05) is 11.8 Å². The van der Waals surface area contributed by atoms with Crippen molar-refractivity contribution in [3.63, 3.8) is 0 Å². The lowest BCUT2D eigenvalue weighted by molar-refractivity contribution is 0.899. The first kappa shape index (κ1) is 22.1. The van der Waals surface area contributed by atoms with Crippen molar-refractivity contribution in [2.75, 3.05) is 16.8 Å². The number of thioether (sulfide) groups is 1. The first-order chi connectivity index (χ1) is 18.5. The molecule has 1 unspecified atom stereocenters. The van der Waals surface area contributed by atoms with E-state index in [1.165, 1.54) is 83.2 Å². The second-order valence-corrected chi connectivity index (χ2v) is 11.8. The fourth-order valence-electron chi connectivity index (χ4n) is 6.85. The highest BCUT2D eigenvalue weighted by Gasteiger charge is 2.44. The maximum atomic E-state index is 2.56. The molecule has 2 aliphatic heterocycles. The molecule has 0 spiro atoms. The molecule has 184 valence electrons. The molecule has 0 saturated heterocycles. The number of nitrogens with zero attached hydrogens (tertiary/aromatic N) is 2. The Morgan fingerprint density at radius 3 is 1.92 bits per heavy atom. The van der Waals surface area contributed by atoms with Crippen LogP contribution in [-0.2, 0) is 0 Å². The highest BCUT2D eigenvalue weighted by atomic mass is 32.2. The van der Waals surface area contributed by atoms with Crippen molar-refractivity contribution in [3.05, 3.63) is 108 Å². The fourth-order valence-corrected chi connectivity index (χ4v) is 8.20. The molecule has 0 fully saturated rings. The van der Waals surface area contributed by atoms with Gasteiger partial charge in [0.15, 0.2) is 5.50 Å². The van der Waals surface area contributed by atoms with E-state index in [0.29, 0.717) is 0 Å². The summed E-state index contributed by atoms with van der Waals surface area (Å²) in [7, 11) is 2.26. The molecule has 0 aromatic heterocycles. The SMILES string of the molecule is Cc1ccc2c(c1)-c1c(cc3c(c1C)N(C)C1Sc4c(C)cccc4N31)-c1ccccc1-c1ccccc1-2. The van der Waals surface area contributed by atoms with Gasteiger partial charge in [-0.3, -0.25) is 0 Å². The lowest BCUT2D eigenvalue weighted by Crippen LogP contribution is -2.32. The Hall–Kier alpha value is -3.95. The zero-order chi connectivity index (χ0) is 25.7. The number of rotatable bonds is 0. The summed E-state index contributed by atoms with van der Waals surface area (Å²) in [5.41, 5.74) is 18.7. The molecule has 0 radical (unpaired) electrons. The number of fused-ring (bicyclic) bond motifs is 13. The topological polar surface area (TPSA) is 6.48 Å². The quantitative estimate of drug-likeness (QED) is 0.202. The van der Waals surface area contributed by atoms with Crippen LogP contribution in [0.5, 0.6) is 0 Å². The van der Waals surface area contributed by atoms with E-state index in [1.54, 1.807) is 0 Å². The van der Waals surface area contributed by atoms with Crippen LogP contribution in [0.25, 0.3) is 44.5 Å². The second kappa shape index (κ2) is 7.78. The Morgan fingerprint density at radius 1 is 0.605 bits per heavy atom. The predicted octanol–water partition coefficient (Wildman–Crippen LogP) is 9.57. The highest BCUT2D eigenvalue weighted by molar-refractivity contribution is 8.00. The Kier molecular flexibility index (Phi) is 4.52. The first-order valence-corrected chi connectivity index (χ1v) is 14.2. The average molecular weight is 509 g/mol. The third kappa shape index (κ3) is 2.80. The number of aryl methyl sites for hydroxylation is 2. The minimum absolute atomic E-state index is 0.234. The van der Waals surface area contributed by atoms with Crippen molar-refractivity contribution in [1.29, 1.82) is 0 Å². The monoisotopic (exact) mass is 508 g/mol. The van der Waals surface area contributed by atoms with Crippen molar-refractivity contribution < 1.29 is 0 Å². The molecule has 5 aromatic rings. The third-order valence-electron chi connectivity index (χ3n) is 8.53. The maximum Gasteiger partial charge on any atom is 0.159 e. The van der Waals surface area contributed by atoms with Gasteiger partial charge in [-0.1, -0.05) is 96.2 Å².